The molecule has 0 aromatic rings. The molecule has 0 aromatic heterocycles. The van der Waals surface area contributed by atoms with Crippen LogP contribution in [-0.2, 0) is 20.1 Å². The van der Waals surface area contributed by atoms with Crippen molar-refractivity contribution in [3.8, 4) is 0 Å². The summed E-state index contributed by atoms with van der Waals surface area (Å²) in [4.78, 5) is 0. The molecule has 0 unspecified atom stereocenters. The van der Waals surface area contributed by atoms with Crippen molar-refractivity contribution in [2.45, 2.75) is 0 Å². The van der Waals surface area contributed by atoms with Crippen molar-refractivity contribution < 1.29 is 20.1 Å². The second kappa shape index (κ2) is 10.2. The van der Waals surface area contributed by atoms with Gasteiger partial charge in [-0.3, -0.25) is 8.92 Å². The second-order valence-corrected chi connectivity index (χ2v) is 5.87. The SMILES string of the molecule is O=[Si]=O.[Cl][Fe]([Cl])[Cl]. The van der Waals surface area contributed by atoms with E-state index >= 15 is 0 Å². The van der Waals surface area contributed by atoms with Gasteiger partial charge in [-0.05, 0) is 0 Å². The molecular weight excluding hydrogens is 222 g/mol. The van der Waals surface area contributed by atoms with Crippen LogP contribution in [0.25, 0.3) is 0 Å². The molecule has 7 heteroatoms. The summed E-state index contributed by atoms with van der Waals surface area (Å²) in [7, 11) is 13.2. The van der Waals surface area contributed by atoms with Gasteiger partial charge in [0.2, 0.25) is 0 Å². The van der Waals surface area contributed by atoms with Crippen LogP contribution in [0.1, 0.15) is 0 Å². The Bertz CT molecular complexity index is 55.2. The number of rotatable bonds is 0. The van der Waals surface area contributed by atoms with Gasteiger partial charge in [0.05, 0.1) is 0 Å². The zero-order valence-corrected chi connectivity index (χ0v) is 7.18. The Hall–Kier alpha value is 1.21. The van der Waals surface area contributed by atoms with E-state index in [1.54, 1.807) is 0 Å². The van der Waals surface area contributed by atoms with Gasteiger partial charge in [-0.1, -0.05) is 0 Å². The first-order valence-electron chi connectivity index (χ1n) is 0.809. The molecule has 0 atom stereocenters. The Balaban J connectivity index is 0. The summed E-state index contributed by atoms with van der Waals surface area (Å²) in [5, 5.41) is 0. The van der Waals surface area contributed by atoms with Crippen molar-refractivity contribution in [2.24, 2.45) is 0 Å². The molecule has 0 aliphatic rings. The maximum absolute atomic E-state index is 8.40. The molecule has 0 aliphatic carbocycles. The fraction of sp³-hybridized carbons (Fsp3) is 0. The van der Waals surface area contributed by atoms with E-state index in [0.29, 0.717) is 0 Å². The van der Waals surface area contributed by atoms with Crippen LogP contribution >= 0.6 is 30.3 Å². The quantitative estimate of drug-likeness (QED) is 0.581. The summed E-state index contributed by atoms with van der Waals surface area (Å²) in [6.07, 6.45) is 0. The molecule has 7 heavy (non-hydrogen) atoms. The fourth-order valence-electron chi connectivity index (χ4n) is 0. The molecule has 0 spiro atoms. The van der Waals surface area contributed by atoms with Crippen LogP contribution < -0.4 is 0 Å². The molecule has 0 aliphatic heterocycles. The third-order valence-electron chi connectivity index (χ3n) is 0. The first-order valence-corrected chi connectivity index (χ1v) is 6.18. The van der Waals surface area contributed by atoms with Crippen molar-refractivity contribution >= 4 is 39.6 Å². The predicted octanol–water partition coefficient (Wildman–Crippen LogP) is 1.45. The van der Waals surface area contributed by atoms with Crippen LogP contribution in [0.4, 0.5) is 0 Å². The molecule has 0 aromatic carbocycles. The summed E-state index contributed by atoms with van der Waals surface area (Å²) >= 11 is -1.33. The minimum absolute atomic E-state index is 1.33. The Kier molecular flexibility index (Phi) is 16.2. The standard InChI is InChI=1S/3ClH.Fe.O2Si/c;;;;1-3-2/h3*1H;;/q;;;+3;/p-3. The summed E-state index contributed by atoms with van der Waals surface area (Å²) in [6, 6.07) is 0. The number of hydrogen-bond acceptors (Lipinski definition) is 2. The van der Waals surface area contributed by atoms with Crippen molar-refractivity contribution in [1.82, 2.24) is 0 Å². The molecule has 0 saturated heterocycles. The summed E-state index contributed by atoms with van der Waals surface area (Å²) in [6.45, 7) is 0. The molecule has 0 N–H and O–H groups in total. The molecule has 0 rings (SSSR count). The number of hydrogen-bond donors (Lipinski definition) is 0. The van der Waals surface area contributed by atoms with Crippen molar-refractivity contribution in [3.63, 3.8) is 0 Å². The van der Waals surface area contributed by atoms with Gasteiger partial charge >= 0.3 is 50.8 Å². The molecule has 0 radical (unpaired) electrons. The second-order valence-electron chi connectivity index (χ2n) is 0.235. The molecule has 0 heterocycles. The van der Waals surface area contributed by atoms with Gasteiger partial charge in [-0.25, -0.2) is 0 Å². The van der Waals surface area contributed by atoms with Crippen molar-refractivity contribution in [3.05, 3.63) is 0 Å². The normalized spacial score (nSPS) is 7.57. The summed E-state index contributed by atoms with van der Waals surface area (Å²) in [5.41, 5.74) is 0. The third-order valence-corrected chi connectivity index (χ3v) is 0. The summed E-state index contributed by atoms with van der Waals surface area (Å²) in [5.74, 6) is 0. The zero-order chi connectivity index (χ0) is 6.28. The van der Waals surface area contributed by atoms with Crippen LogP contribution in [0, 0.1) is 0 Å². The van der Waals surface area contributed by atoms with E-state index in [4.69, 9.17) is 39.2 Å². The summed E-state index contributed by atoms with van der Waals surface area (Å²) < 4.78 is 16.8. The Morgan fingerprint density at radius 1 is 1.14 bits per heavy atom. The van der Waals surface area contributed by atoms with Crippen LogP contribution in [-0.4, -0.2) is 9.29 Å². The average Bonchev–Trinajstić information content (AvgIpc) is 1.33. The fourth-order valence-corrected chi connectivity index (χ4v) is 0. The Morgan fingerprint density at radius 2 is 1.14 bits per heavy atom. The van der Waals surface area contributed by atoms with Gasteiger partial charge in [-0.2, -0.15) is 0 Å². The van der Waals surface area contributed by atoms with E-state index in [0.717, 1.165) is 0 Å². The van der Waals surface area contributed by atoms with Crippen molar-refractivity contribution in [2.75, 3.05) is 0 Å². The van der Waals surface area contributed by atoms with E-state index in [-0.39, 0.29) is 0 Å². The number of halogens is 3. The Labute approximate surface area is 59.6 Å². The zero-order valence-electron chi connectivity index (χ0n) is 2.80. The van der Waals surface area contributed by atoms with E-state index in [1.165, 1.54) is 0 Å². The first kappa shape index (κ1) is 11.1. The van der Waals surface area contributed by atoms with Gasteiger partial charge in [-0.15, -0.1) is 0 Å². The van der Waals surface area contributed by atoms with Gasteiger partial charge < -0.3 is 0 Å². The molecule has 0 bridgehead atoms. The predicted molar refractivity (Wildman–Crippen MR) is 24.7 cm³/mol. The topological polar surface area (TPSA) is 34.1 Å². The third kappa shape index (κ3) is 134. The van der Waals surface area contributed by atoms with E-state index in [9.17, 15) is 0 Å². The van der Waals surface area contributed by atoms with Gasteiger partial charge in [0.1, 0.15) is 0 Å². The minimum atomic E-state index is -1.42. The van der Waals surface area contributed by atoms with E-state index in [2.05, 4.69) is 0 Å². The molecule has 0 fully saturated rings. The molecule has 2 nitrogen and oxygen atoms in total. The average molecular weight is 222 g/mol. The monoisotopic (exact) mass is 221 g/mol. The van der Waals surface area contributed by atoms with Gasteiger partial charge in [0.25, 0.3) is 0 Å². The van der Waals surface area contributed by atoms with Crippen LogP contribution in [0.3, 0.4) is 0 Å². The van der Waals surface area contributed by atoms with Crippen LogP contribution in [0.5, 0.6) is 0 Å². The molecule has 0 saturated carbocycles. The molecule has 45 valence electrons. The van der Waals surface area contributed by atoms with Crippen LogP contribution in [0.2, 0.25) is 0 Å². The van der Waals surface area contributed by atoms with Crippen LogP contribution in [0.15, 0.2) is 0 Å². The maximum atomic E-state index is 8.40. The van der Waals surface area contributed by atoms with Gasteiger partial charge in [0, 0.05) is 0 Å². The van der Waals surface area contributed by atoms with E-state index in [1.807, 2.05) is 0 Å². The first-order chi connectivity index (χ1) is 3.15. The van der Waals surface area contributed by atoms with Gasteiger partial charge in [0.15, 0.2) is 0 Å². The van der Waals surface area contributed by atoms with Crippen molar-refractivity contribution in [1.29, 1.82) is 0 Å². The molecule has 0 amide bonds. The molecular formula is Cl3FeO2Si. The Morgan fingerprint density at radius 3 is 1.14 bits per heavy atom. The van der Waals surface area contributed by atoms with E-state index < -0.39 is 20.5 Å².